The Kier molecular flexibility index (Phi) is 10.6. The smallest absolute Gasteiger partial charge is 0.325 e. The highest BCUT2D eigenvalue weighted by Crippen LogP contribution is 2.43. The number of esters is 1. The Labute approximate surface area is 259 Å². The molecule has 12 nitrogen and oxygen atoms in total. The van der Waals surface area contributed by atoms with Gasteiger partial charge in [-0.25, -0.2) is 4.79 Å². The maximum absolute atomic E-state index is 12.4. The predicted molar refractivity (Wildman–Crippen MR) is 163 cm³/mol. The van der Waals surface area contributed by atoms with Crippen molar-refractivity contribution in [2.24, 2.45) is 5.92 Å². The van der Waals surface area contributed by atoms with Gasteiger partial charge in [-0.2, -0.15) is 4.68 Å². The van der Waals surface area contributed by atoms with Crippen LogP contribution in [-0.2, 0) is 25.6 Å². The summed E-state index contributed by atoms with van der Waals surface area (Å²) in [6.45, 7) is 3.73. The van der Waals surface area contributed by atoms with Crippen LogP contribution in [0.5, 0.6) is 0 Å². The van der Waals surface area contributed by atoms with E-state index in [4.69, 9.17) is 14.2 Å². The molecule has 1 saturated heterocycles. The second kappa shape index (κ2) is 14.9. The minimum absolute atomic E-state index is 0.0460. The average Bonchev–Trinajstić information content (AvgIpc) is 3.53. The molecular weight excluding hydrogens is 584 g/mol. The number of aromatic nitrogens is 4. The number of hydrogen-bond acceptors (Lipinski definition) is 10. The van der Waals surface area contributed by atoms with Crippen LogP contribution < -0.4 is 10.6 Å². The third kappa shape index (κ3) is 7.80. The number of benzene rings is 3. The lowest BCUT2D eigenvalue weighted by Crippen LogP contribution is -2.38. The molecule has 3 N–H and O–H groups in total. The predicted octanol–water partition coefficient (Wildman–Crippen LogP) is 4.42. The summed E-state index contributed by atoms with van der Waals surface area (Å²) in [6.07, 6.45) is -1.32. The first-order valence-corrected chi connectivity index (χ1v) is 15.2. The van der Waals surface area contributed by atoms with Crippen LogP contribution in [0.3, 0.4) is 0 Å². The molecule has 0 spiro atoms. The number of tetrazole rings is 1. The fraction of sp³-hybridized carbons (Fsp3) is 0.323. The minimum atomic E-state index is -0.742. The Bertz CT molecular complexity index is 1540. The molecule has 13 heteroatoms. The molecule has 5 rings (SSSR count). The minimum Gasteiger partial charge on any atom is -0.465 e. The van der Waals surface area contributed by atoms with Crippen molar-refractivity contribution < 1.29 is 28.9 Å². The van der Waals surface area contributed by atoms with E-state index in [2.05, 4.69) is 33.1 Å². The van der Waals surface area contributed by atoms with Crippen molar-refractivity contribution in [2.45, 2.75) is 44.1 Å². The molecule has 230 valence electrons. The highest BCUT2D eigenvalue weighted by molar-refractivity contribution is 7.99. The number of ether oxygens (including phenoxy) is 3. The maximum atomic E-state index is 12.4. The van der Waals surface area contributed by atoms with E-state index >= 15 is 0 Å². The Morgan fingerprint density at radius 2 is 1.82 bits per heavy atom. The number of thioether (sulfide) groups is 1. The van der Waals surface area contributed by atoms with E-state index in [0.717, 1.165) is 16.8 Å². The first-order valence-electron chi connectivity index (χ1n) is 14.2. The van der Waals surface area contributed by atoms with Crippen molar-refractivity contribution >= 4 is 29.4 Å². The Morgan fingerprint density at radius 3 is 2.57 bits per heavy atom. The van der Waals surface area contributed by atoms with Crippen LogP contribution in [-0.4, -0.2) is 62.3 Å². The molecule has 1 fully saturated rings. The summed E-state index contributed by atoms with van der Waals surface area (Å²) in [5.41, 5.74) is 3.84. The zero-order chi connectivity index (χ0) is 30.9. The Morgan fingerprint density at radius 1 is 1.02 bits per heavy atom. The second-order valence-electron chi connectivity index (χ2n) is 10.1. The van der Waals surface area contributed by atoms with Crippen LogP contribution in [0.15, 0.2) is 84.0 Å². The number of carbonyl (C=O) groups excluding carboxylic acids is 2. The molecule has 1 aromatic heterocycles. The number of aliphatic hydroxyl groups excluding tert-OH is 1. The van der Waals surface area contributed by atoms with Gasteiger partial charge in [-0.3, -0.25) is 4.79 Å². The monoisotopic (exact) mass is 618 g/mol. The Hall–Kier alpha value is -4.30. The van der Waals surface area contributed by atoms with Gasteiger partial charge in [0, 0.05) is 22.9 Å². The zero-order valence-corrected chi connectivity index (χ0v) is 25.1. The molecule has 44 heavy (non-hydrogen) atoms. The SMILES string of the molecule is CCOC(=O)CNC(=O)Nc1cccc([C@@H]2O[C@H](CSc3nnnn3-c3ccccc3)[C@H](C)[C@H](c3ccc(CO)cc3)O2)c1. The molecule has 2 amide bonds. The van der Waals surface area contributed by atoms with Gasteiger partial charge in [0.05, 0.1) is 31.1 Å². The van der Waals surface area contributed by atoms with Crippen molar-refractivity contribution in [3.63, 3.8) is 0 Å². The molecule has 0 saturated carbocycles. The molecule has 0 bridgehead atoms. The van der Waals surface area contributed by atoms with Gasteiger partial charge >= 0.3 is 12.0 Å². The van der Waals surface area contributed by atoms with Crippen molar-refractivity contribution in [2.75, 3.05) is 24.2 Å². The van der Waals surface area contributed by atoms with Gasteiger partial charge in [-0.05, 0) is 52.7 Å². The number of amides is 2. The number of urea groups is 1. The normalized spacial score (nSPS) is 19.7. The molecule has 4 aromatic rings. The summed E-state index contributed by atoms with van der Waals surface area (Å²) in [5.74, 6) is -0.0164. The summed E-state index contributed by atoms with van der Waals surface area (Å²) in [7, 11) is 0. The molecule has 3 aromatic carbocycles. The van der Waals surface area contributed by atoms with Crippen LogP contribution in [0.1, 0.15) is 42.9 Å². The summed E-state index contributed by atoms with van der Waals surface area (Å²) in [6, 6.07) is 24.0. The molecule has 1 aliphatic rings. The van der Waals surface area contributed by atoms with E-state index < -0.39 is 18.3 Å². The Balaban J connectivity index is 1.34. The summed E-state index contributed by atoms with van der Waals surface area (Å²) < 4.78 is 19.6. The number of rotatable bonds is 11. The molecule has 4 atom stereocenters. The van der Waals surface area contributed by atoms with E-state index in [0.29, 0.717) is 22.2 Å². The van der Waals surface area contributed by atoms with Crippen molar-refractivity contribution in [1.82, 2.24) is 25.5 Å². The van der Waals surface area contributed by atoms with Gasteiger partial charge < -0.3 is 30.0 Å². The summed E-state index contributed by atoms with van der Waals surface area (Å²) >= 11 is 1.49. The van der Waals surface area contributed by atoms with E-state index in [1.54, 1.807) is 29.8 Å². The number of anilines is 1. The molecule has 2 heterocycles. The van der Waals surface area contributed by atoms with Crippen molar-refractivity contribution in [3.8, 4) is 5.69 Å². The number of nitrogens with zero attached hydrogens (tertiary/aromatic N) is 4. The highest BCUT2D eigenvalue weighted by atomic mass is 32.2. The van der Waals surface area contributed by atoms with E-state index in [-0.39, 0.29) is 37.9 Å². The van der Waals surface area contributed by atoms with Gasteiger partial charge in [0.15, 0.2) is 6.29 Å². The average molecular weight is 619 g/mol. The highest BCUT2D eigenvalue weighted by Gasteiger charge is 2.38. The fourth-order valence-corrected chi connectivity index (χ4v) is 5.82. The number of carbonyl (C=O) groups is 2. The van der Waals surface area contributed by atoms with Gasteiger partial charge in [0.25, 0.3) is 0 Å². The van der Waals surface area contributed by atoms with Gasteiger partial charge in [-0.15, -0.1) is 5.10 Å². The lowest BCUT2D eigenvalue weighted by molar-refractivity contribution is -0.268. The maximum Gasteiger partial charge on any atom is 0.325 e. The first-order chi connectivity index (χ1) is 21.4. The van der Waals surface area contributed by atoms with Crippen LogP contribution in [0.4, 0.5) is 10.5 Å². The number of nitrogens with one attached hydrogen (secondary N) is 2. The lowest BCUT2D eigenvalue weighted by Gasteiger charge is -2.41. The van der Waals surface area contributed by atoms with Gasteiger partial charge in [0.1, 0.15) is 6.54 Å². The second-order valence-corrected chi connectivity index (χ2v) is 11.1. The molecule has 0 radical (unpaired) electrons. The third-order valence-corrected chi connectivity index (χ3v) is 8.07. The fourth-order valence-electron chi connectivity index (χ4n) is 4.77. The van der Waals surface area contributed by atoms with Gasteiger partial charge in [-0.1, -0.05) is 73.3 Å². The quantitative estimate of drug-likeness (QED) is 0.163. The largest absolute Gasteiger partial charge is 0.465 e. The van der Waals surface area contributed by atoms with Crippen molar-refractivity contribution in [1.29, 1.82) is 0 Å². The first kappa shape index (κ1) is 31.1. The summed E-state index contributed by atoms with van der Waals surface area (Å²) in [4.78, 5) is 24.0. The zero-order valence-electron chi connectivity index (χ0n) is 24.3. The number of hydrogen-bond donors (Lipinski definition) is 3. The molecular formula is C31H34N6O6S. The topological polar surface area (TPSA) is 150 Å². The third-order valence-electron chi connectivity index (χ3n) is 7.06. The molecule has 1 aliphatic heterocycles. The van der Waals surface area contributed by atoms with Gasteiger partial charge in [0.2, 0.25) is 5.16 Å². The van der Waals surface area contributed by atoms with Crippen LogP contribution in [0.2, 0.25) is 0 Å². The standard InChI is InChI=1S/C31H34N6O6S/c1-3-41-27(39)17-32-30(40)33-24-9-7-8-23(16-24)29-42-26(20(2)28(43-29)22-14-12-21(18-38)13-15-22)19-44-31-34-35-36-37(31)25-10-5-4-6-11-25/h4-16,20,26,28-29,38H,3,17-19H2,1-2H3,(H2,32,33,40)/t20-,26+,28+,29+/m0/s1. The van der Waals surface area contributed by atoms with E-state index in [1.165, 1.54) is 11.8 Å². The lowest BCUT2D eigenvalue weighted by atomic mass is 9.91. The van der Waals surface area contributed by atoms with Crippen LogP contribution in [0, 0.1) is 5.92 Å². The van der Waals surface area contributed by atoms with E-state index in [9.17, 15) is 14.7 Å². The van der Waals surface area contributed by atoms with Crippen LogP contribution >= 0.6 is 11.8 Å². The van der Waals surface area contributed by atoms with E-state index in [1.807, 2.05) is 60.7 Å². The van der Waals surface area contributed by atoms with Crippen LogP contribution in [0.25, 0.3) is 5.69 Å². The number of aliphatic hydroxyl groups is 1. The molecule has 0 unspecified atom stereocenters. The van der Waals surface area contributed by atoms with Crippen molar-refractivity contribution in [3.05, 3.63) is 95.6 Å². The number of para-hydroxylation sites is 1. The summed E-state index contributed by atoms with van der Waals surface area (Å²) in [5, 5.41) is 27.7. The molecule has 0 aliphatic carbocycles.